The van der Waals surface area contributed by atoms with Crippen molar-refractivity contribution in [3.8, 4) is 39.9 Å². The van der Waals surface area contributed by atoms with E-state index in [0.29, 0.717) is 17.5 Å². The first-order valence-electron chi connectivity index (χ1n) is 19.8. The maximum absolute atomic E-state index is 6.86. The van der Waals surface area contributed by atoms with Crippen molar-refractivity contribution in [1.82, 2.24) is 19.5 Å². The number of hydrogen-bond acceptors (Lipinski definition) is 5. The van der Waals surface area contributed by atoms with Gasteiger partial charge in [0.05, 0.1) is 27.7 Å². The van der Waals surface area contributed by atoms with Crippen LogP contribution in [0.5, 0.6) is 0 Å². The van der Waals surface area contributed by atoms with E-state index in [1.165, 1.54) is 10.8 Å². The Morgan fingerprint density at radius 3 is 1.76 bits per heavy atom. The summed E-state index contributed by atoms with van der Waals surface area (Å²) >= 11 is 0. The molecule has 0 radical (unpaired) electrons. The number of aromatic nitrogens is 4. The van der Waals surface area contributed by atoms with E-state index >= 15 is 0 Å². The number of benzene rings is 9. The van der Waals surface area contributed by atoms with Crippen molar-refractivity contribution < 1.29 is 8.83 Å². The molecule has 0 saturated heterocycles. The average Bonchev–Trinajstić information content (AvgIpc) is 3.97. The maximum atomic E-state index is 6.86. The largest absolute Gasteiger partial charge is 0.456 e. The molecule has 0 N–H and O–H groups in total. The molecule has 0 spiro atoms. The van der Waals surface area contributed by atoms with E-state index in [-0.39, 0.29) is 0 Å². The van der Waals surface area contributed by atoms with Gasteiger partial charge in [0.25, 0.3) is 0 Å². The summed E-state index contributed by atoms with van der Waals surface area (Å²) in [4.78, 5) is 16.0. The first-order valence-corrected chi connectivity index (χ1v) is 19.8. The lowest BCUT2D eigenvalue weighted by Crippen LogP contribution is -2.05. The van der Waals surface area contributed by atoms with Gasteiger partial charge in [0.1, 0.15) is 22.3 Å². The molecule has 4 heterocycles. The summed E-state index contributed by atoms with van der Waals surface area (Å²) in [5, 5.41) is 10.8. The lowest BCUT2D eigenvalue weighted by molar-refractivity contribution is 0.669. The molecule has 274 valence electrons. The highest BCUT2D eigenvalue weighted by molar-refractivity contribution is 6.26. The maximum Gasteiger partial charge on any atom is 0.166 e. The second-order valence-electron chi connectivity index (χ2n) is 15.1. The van der Waals surface area contributed by atoms with E-state index < -0.39 is 0 Å². The molecule has 4 aromatic heterocycles. The van der Waals surface area contributed by atoms with E-state index in [1.807, 2.05) is 48.5 Å². The van der Waals surface area contributed by atoms with E-state index in [2.05, 4.69) is 138 Å². The Bertz CT molecular complexity index is 3860. The third-order valence-electron chi connectivity index (χ3n) is 11.8. The SMILES string of the molecule is c1ccc(-c2nc(-c3ccc4c(c3)oc3ccccc34)nc(-c3c(-n4c5ccccc5c5cc6ccccc6cc54)c4c5ccccc5oc4c4ccccc34)n2)cc1. The predicted molar refractivity (Wildman–Crippen MR) is 240 cm³/mol. The standard InChI is InChI=1S/C53H30N4O2/c1-2-14-31(15-3-1)51-54-52(34-26-27-37-36-19-9-12-24-44(36)58-46(37)30-34)56-53(55-51)48-38-20-6-7-21-39(38)50-47(40-22-10-13-25-45(40)59-50)49(48)57-42-23-11-8-18-35(42)41-28-32-16-4-5-17-33(32)29-43(41)57/h1-30H. The van der Waals surface area contributed by atoms with E-state index in [1.54, 1.807) is 0 Å². The fourth-order valence-electron chi connectivity index (χ4n) is 9.17. The second kappa shape index (κ2) is 12.2. The van der Waals surface area contributed by atoms with Gasteiger partial charge in [-0.3, -0.25) is 0 Å². The summed E-state index contributed by atoms with van der Waals surface area (Å²) in [5.41, 5.74) is 8.99. The van der Waals surface area contributed by atoms with Crippen molar-refractivity contribution in [1.29, 1.82) is 0 Å². The van der Waals surface area contributed by atoms with E-state index in [0.717, 1.165) is 98.8 Å². The topological polar surface area (TPSA) is 69.9 Å². The van der Waals surface area contributed by atoms with Gasteiger partial charge in [0, 0.05) is 43.4 Å². The molecule has 9 aromatic carbocycles. The van der Waals surface area contributed by atoms with Crippen LogP contribution < -0.4 is 0 Å². The molecule has 0 aliphatic heterocycles. The van der Waals surface area contributed by atoms with Gasteiger partial charge in [-0.2, -0.15) is 0 Å². The molecule has 13 rings (SSSR count). The zero-order chi connectivity index (χ0) is 38.6. The number of nitrogens with zero attached hydrogens (tertiary/aromatic N) is 4. The van der Waals surface area contributed by atoms with Crippen LogP contribution in [-0.4, -0.2) is 19.5 Å². The minimum absolute atomic E-state index is 0.552. The minimum Gasteiger partial charge on any atom is -0.456 e. The van der Waals surface area contributed by atoms with Crippen molar-refractivity contribution >= 4 is 87.2 Å². The molecule has 0 bridgehead atoms. The summed E-state index contributed by atoms with van der Waals surface area (Å²) < 4.78 is 15.7. The van der Waals surface area contributed by atoms with Crippen LogP contribution in [0.25, 0.3) is 127 Å². The van der Waals surface area contributed by atoms with Crippen molar-refractivity contribution in [3.05, 3.63) is 182 Å². The zero-order valence-corrected chi connectivity index (χ0v) is 31.4. The Morgan fingerprint density at radius 1 is 0.356 bits per heavy atom. The van der Waals surface area contributed by atoms with Crippen LogP contribution in [0.15, 0.2) is 191 Å². The summed E-state index contributed by atoms with van der Waals surface area (Å²) in [5.74, 6) is 1.69. The van der Waals surface area contributed by atoms with Crippen LogP contribution in [0.2, 0.25) is 0 Å². The highest BCUT2D eigenvalue weighted by atomic mass is 16.3. The van der Waals surface area contributed by atoms with Crippen molar-refractivity contribution in [2.75, 3.05) is 0 Å². The quantitative estimate of drug-likeness (QED) is 0.179. The second-order valence-corrected chi connectivity index (χ2v) is 15.1. The van der Waals surface area contributed by atoms with Gasteiger partial charge in [-0.15, -0.1) is 0 Å². The normalized spacial score (nSPS) is 12.1. The molecule has 0 amide bonds. The Kier molecular flexibility index (Phi) is 6.63. The molecule has 0 unspecified atom stereocenters. The Balaban J connectivity index is 1.21. The molecule has 59 heavy (non-hydrogen) atoms. The molecule has 0 fully saturated rings. The van der Waals surface area contributed by atoms with Crippen LogP contribution in [-0.2, 0) is 0 Å². The molecule has 0 aliphatic rings. The first-order chi connectivity index (χ1) is 29.2. The summed E-state index contributed by atoms with van der Waals surface area (Å²) in [7, 11) is 0. The predicted octanol–water partition coefficient (Wildman–Crippen LogP) is 14.1. The summed E-state index contributed by atoms with van der Waals surface area (Å²) in [6, 6.07) is 63.2. The smallest absolute Gasteiger partial charge is 0.166 e. The Morgan fingerprint density at radius 2 is 0.949 bits per heavy atom. The molecular weight excluding hydrogens is 725 g/mol. The summed E-state index contributed by atoms with van der Waals surface area (Å²) in [6.07, 6.45) is 0. The van der Waals surface area contributed by atoms with Crippen LogP contribution in [0, 0.1) is 0 Å². The monoisotopic (exact) mass is 754 g/mol. The lowest BCUT2D eigenvalue weighted by atomic mass is 9.96. The molecule has 0 saturated carbocycles. The van der Waals surface area contributed by atoms with Gasteiger partial charge in [0.15, 0.2) is 17.5 Å². The highest BCUT2D eigenvalue weighted by Crippen LogP contribution is 2.48. The average molecular weight is 755 g/mol. The van der Waals surface area contributed by atoms with E-state index in [4.69, 9.17) is 23.8 Å². The number of rotatable bonds is 4. The number of hydrogen-bond donors (Lipinski definition) is 0. The minimum atomic E-state index is 0.552. The van der Waals surface area contributed by atoms with Crippen molar-refractivity contribution in [2.24, 2.45) is 0 Å². The third kappa shape index (κ3) is 4.71. The molecule has 6 heteroatoms. The van der Waals surface area contributed by atoms with Crippen LogP contribution in [0.4, 0.5) is 0 Å². The van der Waals surface area contributed by atoms with Gasteiger partial charge in [0.2, 0.25) is 0 Å². The Hall–Kier alpha value is -8.09. The van der Waals surface area contributed by atoms with E-state index in [9.17, 15) is 0 Å². The zero-order valence-electron chi connectivity index (χ0n) is 31.4. The van der Waals surface area contributed by atoms with Gasteiger partial charge in [-0.1, -0.05) is 140 Å². The van der Waals surface area contributed by atoms with Gasteiger partial charge >= 0.3 is 0 Å². The van der Waals surface area contributed by atoms with Crippen LogP contribution >= 0.6 is 0 Å². The van der Waals surface area contributed by atoms with Crippen molar-refractivity contribution in [2.45, 2.75) is 0 Å². The number of para-hydroxylation sites is 3. The fraction of sp³-hybridized carbons (Fsp3) is 0. The third-order valence-corrected chi connectivity index (χ3v) is 11.8. The molecule has 0 atom stereocenters. The summed E-state index contributed by atoms with van der Waals surface area (Å²) in [6.45, 7) is 0. The van der Waals surface area contributed by atoms with Gasteiger partial charge in [-0.25, -0.2) is 15.0 Å². The number of fused-ring (bicyclic) bond motifs is 12. The fourth-order valence-corrected chi connectivity index (χ4v) is 9.17. The van der Waals surface area contributed by atoms with Gasteiger partial charge in [-0.05, 0) is 58.6 Å². The number of furan rings is 2. The van der Waals surface area contributed by atoms with Crippen LogP contribution in [0.1, 0.15) is 0 Å². The lowest BCUT2D eigenvalue weighted by Gasteiger charge is -2.18. The molecule has 6 nitrogen and oxygen atoms in total. The first kappa shape index (κ1) is 32.0. The molecule has 0 aliphatic carbocycles. The van der Waals surface area contributed by atoms with Gasteiger partial charge < -0.3 is 13.4 Å². The Labute approximate surface area is 336 Å². The molecular formula is C53H30N4O2. The highest BCUT2D eigenvalue weighted by Gasteiger charge is 2.28. The molecule has 13 aromatic rings. The van der Waals surface area contributed by atoms with Crippen LogP contribution in [0.3, 0.4) is 0 Å². The van der Waals surface area contributed by atoms with Crippen molar-refractivity contribution in [3.63, 3.8) is 0 Å².